The summed E-state index contributed by atoms with van der Waals surface area (Å²) in [7, 11) is 0. The van der Waals surface area contributed by atoms with E-state index in [1.54, 1.807) is 24.3 Å². The summed E-state index contributed by atoms with van der Waals surface area (Å²) in [5.74, 6) is -0.256. The van der Waals surface area contributed by atoms with Crippen LogP contribution in [0.2, 0.25) is 5.02 Å². The van der Waals surface area contributed by atoms with Gasteiger partial charge in [-0.05, 0) is 24.3 Å². The fourth-order valence-corrected chi connectivity index (χ4v) is 2.30. The van der Waals surface area contributed by atoms with Crippen molar-refractivity contribution in [1.82, 2.24) is 5.16 Å². The van der Waals surface area contributed by atoms with E-state index in [2.05, 4.69) is 10.5 Å². The van der Waals surface area contributed by atoms with Gasteiger partial charge in [0.15, 0.2) is 5.58 Å². The predicted octanol–water partition coefficient (Wildman–Crippen LogP) is 3.24. The summed E-state index contributed by atoms with van der Waals surface area (Å²) in [5.41, 5.74) is 7.86. The van der Waals surface area contributed by atoms with E-state index in [9.17, 15) is 4.79 Å². The summed E-state index contributed by atoms with van der Waals surface area (Å²) in [5, 5.41) is 7.84. The number of rotatable bonds is 3. The average Bonchev–Trinajstić information content (AvgIpc) is 2.87. The summed E-state index contributed by atoms with van der Waals surface area (Å²) in [6.45, 7) is 0. The van der Waals surface area contributed by atoms with Gasteiger partial charge < -0.3 is 15.6 Å². The van der Waals surface area contributed by atoms with Crippen LogP contribution in [0.1, 0.15) is 5.69 Å². The maximum atomic E-state index is 12.1. The number of aromatic nitrogens is 1. The van der Waals surface area contributed by atoms with Crippen molar-refractivity contribution >= 4 is 39.9 Å². The van der Waals surface area contributed by atoms with Gasteiger partial charge in [-0.2, -0.15) is 0 Å². The largest absolute Gasteiger partial charge is 0.397 e. The number of nitrogen functional groups attached to an aromatic ring is 1. The molecule has 0 atom stereocenters. The number of fused-ring (bicyclic) bond motifs is 1. The summed E-state index contributed by atoms with van der Waals surface area (Å²) >= 11 is 6.02. The molecule has 1 amide bonds. The number of hydrogen-bond donors (Lipinski definition) is 2. The number of anilines is 2. The third-order valence-electron chi connectivity index (χ3n) is 3.09. The first-order valence-corrected chi connectivity index (χ1v) is 6.70. The Morgan fingerprint density at radius 1 is 1.24 bits per heavy atom. The highest BCUT2D eigenvalue weighted by Crippen LogP contribution is 2.28. The van der Waals surface area contributed by atoms with E-state index in [4.69, 9.17) is 21.9 Å². The first-order valence-electron chi connectivity index (χ1n) is 6.32. The highest BCUT2D eigenvalue weighted by Gasteiger charge is 2.14. The Bertz CT molecular complexity index is 793. The molecule has 1 aromatic heterocycles. The van der Waals surface area contributed by atoms with Crippen LogP contribution in [0.3, 0.4) is 0 Å². The van der Waals surface area contributed by atoms with Crippen molar-refractivity contribution in [2.75, 3.05) is 11.1 Å². The Morgan fingerprint density at radius 2 is 2.05 bits per heavy atom. The Hall–Kier alpha value is -2.53. The van der Waals surface area contributed by atoms with Crippen LogP contribution in [0, 0.1) is 0 Å². The minimum absolute atomic E-state index is 0.0850. The molecule has 0 saturated carbocycles. The fourth-order valence-electron chi connectivity index (χ4n) is 2.07. The molecule has 1 heterocycles. The first kappa shape index (κ1) is 13.5. The number of nitrogens with one attached hydrogen (secondary N) is 1. The third kappa shape index (κ3) is 2.68. The SMILES string of the molecule is Nc1cccc(Cl)c1NC(=O)Cc1noc2ccccc12. The monoisotopic (exact) mass is 301 g/mol. The van der Waals surface area contributed by atoms with Crippen LogP contribution >= 0.6 is 11.6 Å². The van der Waals surface area contributed by atoms with E-state index in [0.29, 0.717) is 27.7 Å². The molecule has 21 heavy (non-hydrogen) atoms. The Balaban J connectivity index is 1.81. The maximum absolute atomic E-state index is 12.1. The molecule has 5 nitrogen and oxygen atoms in total. The summed E-state index contributed by atoms with van der Waals surface area (Å²) in [4.78, 5) is 12.1. The van der Waals surface area contributed by atoms with Crippen molar-refractivity contribution in [3.05, 3.63) is 53.2 Å². The molecule has 0 spiro atoms. The van der Waals surface area contributed by atoms with E-state index < -0.39 is 0 Å². The molecule has 0 bridgehead atoms. The topological polar surface area (TPSA) is 81.1 Å². The quantitative estimate of drug-likeness (QED) is 0.728. The second kappa shape index (κ2) is 5.46. The fraction of sp³-hybridized carbons (Fsp3) is 0.0667. The van der Waals surface area contributed by atoms with Gasteiger partial charge in [0.2, 0.25) is 5.91 Å². The average molecular weight is 302 g/mol. The van der Waals surface area contributed by atoms with Gasteiger partial charge in [0, 0.05) is 5.39 Å². The lowest BCUT2D eigenvalue weighted by Gasteiger charge is -2.09. The van der Waals surface area contributed by atoms with E-state index in [1.165, 1.54) is 0 Å². The van der Waals surface area contributed by atoms with Gasteiger partial charge in [0.05, 0.1) is 22.8 Å². The van der Waals surface area contributed by atoms with Crippen LogP contribution in [0.15, 0.2) is 47.0 Å². The zero-order valence-corrected chi connectivity index (χ0v) is 11.7. The van der Waals surface area contributed by atoms with Gasteiger partial charge in [-0.15, -0.1) is 0 Å². The molecule has 3 aromatic rings. The van der Waals surface area contributed by atoms with Gasteiger partial charge in [-0.3, -0.25) is 4.79 Å². The van der Waals surface area contributed by atoms with Crippen LogP contribution in [0.25, 0.3) is 11.0 Å². The normalized spacial score (nSPS) is 10.7. The number of nitrogens with zero attached hydrogens (tertiary/aromatic N) is 1. The number of carbonyl (C=O) groups is 1. The lowest BCUT2D eigenvalue weighted by atomic mass is 10.1. The van der Waals surface area contributed by atoms with Crippen molar-refractivity contribution in [3.8, 4) is 0 Å². The molecule has 3 rings (SSSR count). The molecular weight excluding hydrogens is 290 g/mol. The van der Waals surface area contributed by atoms with Crippen molar-refractivity contribution in [1.29, 1.82) is 0 Å². The van der Waals surface area contributed by atoms with Gasteiger partial charge >= 0.3 is 0 Å². The molecule has 0 saturated heterocycles. The number of hydrogen-bond acceptors (Lipinski definition) is 4. The van der Waals surface area contributed by atoms with Crippen molar-refractivity contribution in [2.45, 2.75) is 6.42 Å². The Kier molecular flexibility index (Phi) is 3.50. The summed E-state index contributed by atoms with van der Waals surface area (Å²) in [6.07, 6.45) is 0.0850. The molecule has 0 aliphatic rings. The zero-order chi connectivity index (χ0) is 14.8. The molecule has 0 unspecified atom stereocenters. The van der Waals surface area contributed by atoms with Crippen molar-refractivity contribution in [2.24, 2.45) is 0 Å². The highest BCUT2D eigenvalue weighted by molar-refractivity contribution is 6.34. The summed E-state index contributed by atoms with van der Waals surface area (Å²) in [6, 6.07) is 12.4. The number of benzene rings is 2. The second-order valence-electron chi connectivity index (χ2n) is 4.55. The standard InChI is InChI=1S/C15H12ClN3O2/c16-10-5-3-6-11(17)15(10)18-14(20)8-12-9-4-1-2-7-13(9)21-19-12/h1-7H,8,17H2,(H,18,20). The van der Waals surface area contributed by atoms with Crippen molar-refractivity contribution < 1.29 is 9.32 Å². The van der Waals surface area contributed by atoms with Crippen LogP contribution in [-0.2, 0) is 11.2 Å². The number of nitrogens with two attached hydrogens (primary N) is 1. The smallest absolute Gasteiger partial charge is 0.230 e. The highest BCUT2D eigenvalue weighted by atomic mass is 35.5. The van der Waals surface area contributed by atoms with Crippen LogP contribution in [0.5, 0.6) is 0 Å². The minimum atomic E-state index is -0.256. The van der Waals surface area contributed by atoms with Crippen LogP contribution in [0.4, 0.5) is 11.4 Å². The molecule has 6 heteroatoms. The zero-order valence-electron chi connectivity index (χ0n) is 11.0. The Morgan fingerprint density at radius 3 is 2.86 bits per heavy atom. The molecule has 3 N–H and O–H groups in total. The third-order valence-corrected chi connectivity index (χ3v) is 3.41. The number of carbonyl (C=O) groups excluding carboxylic acids is 1. The lowest BCUT2D eigenvalue weighted by molar-refractivity contribution is -0.115. The number of para-hydroxylation sites is 2. The molecule has 0 fully saturated rings. The van der Waals surface area contributed by atoms with Gasteiger partial charge in [0.1, 0.15) is 5.69 Å². The molecule has 0 radical (unpaired) electrons. The van der Waals surface area contributed by atoms with Gasteiger partial charge in [0.25, 0.3) is 0 Å². The molecular formula is C15H12ClN3O2. The van der Waals surface area contributed by atoms with E-state index in [1.807, 2.05) is 18.2 Å². The Labute approximate surface area is 125 Å². The van der Waals surface area contributed by atoms with Gasteiger partial charge in [-0.25, -0.2) is 0 Å². The summed E-state index contributed by atoms with van der Waals surface area (Å²) < 4.78 is 5.17. The molecule has 106 valence electrons. The van der Waals surface area contributed by atoms with Crippen LogP contribution < -0.4 is 11.1 Å². The second-order valence-corrected chi connectivity index (χ2v) is 4.96. The minimum Gasteiger partial charge on any atom is -0.397 e. The number of halogens is 1. The van der Waals surface area contributed by atoms with E-state index >= 15 is 0 Å². The number of amides is 1. The predicted molar refractivity (Wildman–Crippen MR) is 82.2 cm³/mol. The molecule has 2 aromatic carbocycles. The van der Waals surface area contributed by atoms with Gasteiger partial charge in [-0.1, -0.05) is 35.0 Å². The van der Waals surface area contributed by atoms with E-state index in [0.717, 1.165) is 5.39 Å². The first-order chi connectivity index (χ1) is 10.1. The maximum Gasteiger partial charge on any atom is 0.230 e. The van der Waals surface area contributed by atoms with Crippen LogP contribution in [-0.4, -0.2) is 11.1 Å². The lowest BCUT2D eigenvalue weighted by Crippen LogP contribution is -2.16. The van der Waals surface area contributed by atoms with Crippen molar-refractivity contribution in [3.63, 3.8) is 0 Å². The molecule has 0 aliphatic heterocycles. The van der Waals surface area contributed by atoms with E-state index in [-0.39, 0.29) is 12.3 Å². The molecule has 0 aliphatic carbocycles.